The van der Waals surface area contributed by atoms with E-state index in [0.29, 0.717) is 17.9 Å². The summed E-state index contributed by atoms with van der Waals surface area (Å²) in [6.07, 6.45) is 3.62. The topological polar surface area (TPSA) is 79.9 Å². The van der Waals surface area contributed by atoms with Gasteiger partial charge in [-0.25, -0.2) is 4.98 Å². The Bertz CT molecular complexity index is 595. The fourth-order valence-corrected chi connectivity index (χ4v) is 1.55. The predicted octanol–water partition coefficient (Wildman–Crippen LogP) is 0.806. The first kappa shape index (κ1) is 12.1. The van der Waals surface area contributed by atoms with Gasteiger partial charge in [-0.15, -0.1) is 0 Å². The molecule has 2 rings (SSSR count). The minimum atomic E-state index is -0.168. The average Bonchev–Trinajstić information content (AvgIpc) is 2.41. The van der Waals surface area contributed by atoms with Crippen molar-refractivity contribution in [2.45, 2.75) is 6.42 Å². The van der Waals surface area contributed by atoms with Crippen molar-refractivity contribution in [2.24, 2.45) is 0 Å². The maximum absolute atomic E-state index is 11.8. The van der Waals surface area contributed by atoms with Gasteiger partial charge in [0.25, 0.3) is 5.56 Å². The smallest absolute Gasteiger partial charge is 0.255 e. The minimum absolute atomic E-state index is 0.168. The second-order valence-electron chi connectivity index (χ2n) is 3.70. The molecule has 0 saturated heterocycles. The molecule has 0 aliphatic heterocycles. The van der Waals surface area contributed by atoms with Crippen molar-refractivity contribution in [3.63, 3.8) is 0 Å². The maximum Gasteiger partial charge on any atom is 0.255 e. The van der Waals surface area contributed by atoms with Crippen LogP contribution in [-0.2, 0) is 6.42 Å². The minimum Gasteiger partial charge on any atom is -0.497 e. The van der Waals surface area contributed by atoms with Crippen LogP contribution in [0.1, 0.15) is 11.3 Å². The highest BCUT2D eigenvalue weighted by molar-refractivity contribution is 5.28. The van der Waals surface area contributed by atoms with Crippen LogP contribution in [0.25, 0.3) is 0 Å². The van der Waals surface area contributed by atoms with Gasteiger partial charge >= 0.3 is 0 Å². The maximum atomic E-state index is 11.8. The first-order chi connectivity index (χ1) is 8.72. The molecule has 0 bridgehead atoms. The molecular weight excluding hydrogens is 232 g/mol. The fourth-order valence-electron chi connectivity index (χ4n) is 1.55. The van der Waals surface area contributed by atoms with Crippen LogP contribution in [0.15, 0.2) is 29.3 Å². The summed E-state index contributed by atoms with van der Waals surface area (Å²) in [4.78, 5) is 22.7. The van der Waals surface area contributed by atoms with E-state index in [1.165, 1.54) is 0 Å². The molecule has 18 heavy (non-hydrogen) atoms. The van der Waals surface area contributed by atoms with Crippen molar-refractivity contribution in [1.82, 2.24) is 15.0 Å². The lowest BCUT2D eigenvalue weighted by Gasteiger charge is -2.04. The van der Waals surface area contributed by atoms with Gasteiger partial charge in [-0.1, -0.05) is 0 Å². The average molecular weight is 246 g/mol. The summed E-state index contributed by atoms with van der Waals surface area (Å²) in [6.45, 7) is 0. The Morgan fingerprint density at radius 2 is 2.28 bits per heavy atom. The zero-order chi connectivity index (χ0) is 13.0. The molecule has 2 aromatic rings. The standard InChI is InChI=1S/C12H14N4O2/c1-13-12-15-7-8(11(17)16-12)5-9-6-10(18-2)3-4-14-9/h3-4,6-7H,5H2,1-2H3,(H2,13,15,16,17). The molecule has 2 heterocycles. The van der Waals surface area contributed by atoms with Gasteiger partial charge in [0, 0.05) is 43.2 Å². The molecule has 6 heteroatoms. The Hall–Kier alpha value is -2.37. The largest absolute Gasteiger partial charge is 0.497 e. The van der Waals surface area contributed by atoms with Gasteiger partial charge in [-0.05, 0) is 6.07 Å². The van der Waals surface area contributed by atoms with Gasteiger partial charge in [-0.2, -0.15) is 0 Å². The van der Waals surface area contributed by atoms with Gasteiger partial charge < -0.3 is 10.1 Å². The van der Waals surface area contributed by atoms with Gasteiger partial charge in [0.2, 0.25) is 5.95 Å². The quantitative estimate of drug-likeness (QED) is 0.834. The molecule has 0 aliphatic rings. The highest BCUT2D eigenvalue weighted by atomic mass is 16.5. The Labute approximate surface area is 104 Å². The molecule has 0 atom stereocenters. The second kappa shape index (κ2) is 5.31. The van der Waals surface area contributed by atoms with E-state index in [-0.39, 0.29) is 5.56 Å². The van der Waals surface area contributed by atoms with Crippen molar-refractivity contribution in [3.8, 4) is 5.75 Å². The summed E-state index contributed by atoms with van der Waals surface area (Å²) in [5, 5.41) is 2.77. The van der Waals surface area contributed by atoms with Crippen molar-refractivity contribution >= 4 is 5.95 Å². The summed E-state index contributed by atoms with van der Waals surface area (Å²) in [7, 11) is 3.29. The fraction of sp³-hybridized carbons (Fsp3) is 0.250. The Kier molecular flexibility index (Phi) is 3.57. The Balaban J connectivity index is 2.25. The SMILES string of the molecule is CNc1ncc(Cc2cc(OC)ccn2)c(=O)[nH]1. The number of aromatic amines is 1. The highest BCUT2D eigenvalue weighted by Gasteiger charge is 2.05. The monoisotopic (exact) mass is 246 g/mol. The number of nitrogens with zero attached hydrogens (tertiary/aromatic N) is 2. The van der Waals surface area contributed by atoms with Gasteiger partial charge in [0.15, 0.2) is 0 Å². The Morgan fingerprint density at radius 1 is 1.44 bits per heavy atom. The molecule has 0 saturated carbocycles. The van der Waals surface area contributed by atoms with Crippen LogP contribution in [0.4, 0.5) is 5.95 Å². The normalized spacial score (nSPS) is 10.1. The third kappa shape index (κ3) is 2.65. The molecule has 2 aromatic heterocycles. The third-order valence-electron chi connectivity index (χ3n) is 2.51. The van der Waals surface area contributed by atoms with E-state index in [9.17, 15) is 4.79 Å². The number of ether oxygens (including phenoxy) is 1. The molecule has 0 aliphatic carbocycles. The lowest BCUT2D eigenvalue weighted by atomic mass is 10.1. The number of aromatic nitrogens is 3. The molecule has 0 unspecified atom stereocenters. The summed E-state index contributed by atoms with van der Waals surface area (Å²) < 4.78 is 5.11. The van der Waals surface area contributed by atoms with Crippen molar-refractivity contribution < 1.29 is 4.74 Å². The van der Waals surface area contributed by atoms with Crippen LogP contribution in [0.5, 0.6) is 5.75 Å². The zero-order valence-electron chi connectivity index (χ0n) is 10.2. The molecule has 2 N–H and O–H groups in total. The van der Waals surface area contributed by atoms with Crippen molar-refractivity contribution in [3.05, 3.63) is 46.1 Å². The third-order valence-corrected chi connectivity index (χ3v) is 2.51. The number of pyridine rings is 1. The number of methoxy groups -OCH3 is 1. The van der Waals surface area contributed by atoms with Crippen LogP contribution < -0.4 is 15.6 Å². The number of nitrogens with one attached hydrogen (secondary N) is 2. The Morgan fingerprint density at radius 3 is 2.94 bits per heavy atom. The molecule has 0 spiro atoms. The predicted molar refractivity (Wildman–Crippen MR) is 68.0 cm³/mol. The van der Waals surface area contributed by atoms with E-state index in [1.54, 1.807) is 38.7 Å². The van der Waals surface area contributed by atoms with Crippen LogP contribution in [0.3, 0.4) is 0 Å². The molecule has 0 radical (unpaired) electrons. The van der Waals surface area contributed by atoms with Crippen LogP contribution >= 0.6 is 0 Å². The summed E-state index contributed by atoms with van der Waals surface area (Å²) in [5.74, 6) is 1.17. The lowest BCUT2D eigenvalue weighted by molar-refractivity contribution is 0.413. The van der Waals surface area contributed by atoms with E-state index in [1.807, 2.05) is 0 Å². The van der Waals surface area contributed by atoms with E-state index in [0.717, 1.165) is 11.4 Å². The number of rotatable bonds is 4. The van der Waals surface area contributed by atoms with Gasteiger partial charge in [0.1, 0.15) is 5.75 Å². The molecule has 0 amide bonds. The highest BCUT2D eigenvalue weighted by Crippen LogP contribution is 2.12. The molecule has 0 fully saturated rings. The van der Waals surface area contributed by atoms with Crippen molar-refractivity contribution in [1.29, 1.82) is 0 Å². The molecular formula is C12H14N4O2. The van der Waals surface area contributed by atoms with Crippen LogP contribution in [0.2, 0.25) is 0 Å². The van der Waals surface area contributed by atoms with Crippen LogP contribution in [-0.4, -0.2) is 29.1 Å². The number of H-pyrrole nitrogens is 1. The molecule has 0 aromatic carbocycles. The van der Waals surface area contributed by atoms with Crippen LogP contribution in [0, 0.1) is 0 Å². The molecule has 6 nitrogen and oxygen atoms in total. The summed E-state index contributed by atoms with van der Waals surface area (Å²) >= 11 is 0. The first-order valence-electron chi connectivity index (χ1n) is 5.48. The summed E-state index contributed by atoms with van der Waals surface area (Å²) in [5.41, 5.74) is 1.16. The van der Waals surface area contributed by atoms with Gasteiger partial charge in [0.05, 0.1) is 7.11 Å². The zero-order valence-corrected chi connectivity index (χ0v) is 10.2. The van der Waals surface area contributed by atoms with E-state index in [2.05, 4.69) is 20.3 Å². The number of hydrogen-bond acceptors (Lipinski definition) is 5. The van der Waals surface area contributed by atoms with Crippen molar-refractivity contribution in [2.75, 3.05) is 19.5 Å². The van der Waals surface area contributed by atoms with Gasteiger partial charge in [-0.3, -0.25) is 14.8 Å². The van der Waals surface area contributed by atoms with E-state index < -0.39 is 0 Å². The first-order valence-corrected chi connectivity index (χ1v) is 5.48. The van der Waals surface area contributed by atoms with E-state index >= 15 is 0 Å². The second-order valence-corrected chi connectivity index (χ2v) is 3.70. The number of anilines is 1. The molecule has 94 valence electrons. The number of hydrogen-bond donors (Lipinski definition) is 2. The summed E-state index contributed by atoms with van der Waals surface area (Å²) in [6, 6.07) is 3.56. The van der Waals surface area contributed by atoms with E-state index in [4.69, 9.17) is 4.74 Å². The lowest BCUT2D eigenvalue weighted by Crippen LogP contribution is -2.16.